The van der Waals surface area contributed by atoms with Crippen LogP contribution in [0.4, 0.5) is 0 Å². The molecule has 2 rings (SSSR count). The van der Waals surface area contributed by atoms with Crippen LogP contribution in [0.3, 0.4) is 0 Å². The summed E-state index contributed by atoms with van der Waals surface area (Å²) in [5.74, 6) is 0. The smallest absolute Gasteiger partial charge is 0.278 e. The summed E-state index contributed by atoms with van der Waals surface area (Å²) >= 11 is 9.86. The lowest BCUT2D eigenvalue weighted by atomic mass is 10.4. The largest absolute Gasteiger partial charge is 0.332 e. The van der Waals surface area contributed by atoms with E-state index in [4.69, 9.17) is 0 Å². The summed E-state index contributed by atoms with van der Waals surface area (Å²) in [7, 11) is 1.73. The molecule has 0 aromatic carbocycles. The lowest BCUT2D eigenvalue weighted by molar-refractivity contribution is 0.569. The molecule has 0 N–H and O–H groups in total. The lowest BCUT2D eigenvalue weighted by Crippen LogP contribution is -2.40. The molecule has 6 nitrogen and oxygen atoms in total. The SMILES string of the molecule is BrCCCBr.CCn1c(=O)n(CCCBr)c(=O)c2cnn(C)c21. The first kappa shape index (κ1) is 20.6. The van der Waals surface area contributed by atoms with E-state index in [1.54, 1.807) is 16.3 Å². The third kappa shape index (κ3) is 5.03. The van der Waals surface area contributed by atoms with Gasteiger partial charge in [0.2, 0.25) is 0 Å². The topological polar surface area (TPSA) is 61.8 Å². The predicted molar refractivity (Wildman–Crippen MR) is 106 cm³/mol. The number of aryl methyl sites for hydroxylation is 2. The minimum Gasteiger partial charge on any atom is -0.278 e. The average molecular weight is 517 g/mol. The number of hydrogen-bond donors (Lipinski definition) is 0. The van der Waals surface area contributed by atoms with E-state index >= 15 is 0 Å². The van der Waals surface area contributed by atoms with Crippen LogP contribution in [-0.4, -0.2) is 34.9 Å². The first-order valence-electron chi connectivity index (χ1n) is 7.36. The molecule has 0 radical (unpaired) electrons. The first-order chi connectivity index (χ1) is 11.0. The number of aromatic nitrogens is 4. The van der Waals surface area contributed by atoms with Gasteiger partial charge in [-0.1, -0.05) is 47.8 Å². The van der Waals surface area contributed by atoms with Crippen molar-refractivity contribution in [3.8, 4) is 0 Å². The fourth-order valence-electron chi connectivity index (χ4n) is 2.12. The molecule has 2 aromatic rings. The van der Waals surface area contributed by atoms with Gasteiger partial charge in [-0.2, -0.15) is 5.10 Å². The molecule has 9 heteroatoms. The van der Waals surface area contributed by atoms with Crippen LogP contribution in [0.25, 0.3) is 11.0 Å². The number of rotatable bonds is 6. The quantitative estimate of drug-likeness (QED) is 0.555. The summed E-state index contributed by atoms with van der Waals surface area (Å²) in [6.45, 7) is 2.82. The third-order valence-electron chi connectivity index (χ3n) is 3.20. The van der Waals surface area contributed by atoms with Crippen LogP contribution in [0.5, 0.6) is 0 Å². The minimum absolute atomic E-state index is 0.256. The minimum atomic E-state index is -0.264. The van der Waals surface area contributed by atoms with Crippen LogP contribution in [0, 0.1) is 0 Å². The van der Waals surface area contributed by atoms with E-state index in [0.29, 0.717) is 24.1 Å². The maximum absolute atomic E-state index is 12.3. The van der Waals surface area contributed by atoms with Crippen molar-refractivity contribution in [1.29, 1.82) is 0 Å². The van der Waals surface area contributed by atoms with Crippen molar-refractivity contribution in [2.24, 2.45) is 7.05 Å². The normalized spacial score (nSPS) is 10.7. The van der Waals surface area contributed by atoms with Crippen LogP contribution in [0.1, 0.15) is 19.8 Å². The molecule has 0 aliphatic rings. The molecule has 130 valence electrons. The molecule has 0 aliphatic carbocycles. The molecule has 2 aromatic heterocycles. The Hall–Kier alpha value is -0.410. The van der Waals surface area contributed by atoms with Crippen LogP contribution in [0.2, 0.25) is 0 Å². The fraction of sp³-hybridized carbons (Fsp3) is 0.643. The van der Waals surface area contributed by atoms with Gasteiger partial charge in [0.25, 0.3) is 5.56 Å². The molecule has 0 fully saturated rings. The Kier molecular flexibility index (Phi) is 9.38. The van der Waals surface area contributed by atoms with Crippen LogP contribution in [-0.2, 0) is 20.1 Å². The third-order valence-corrected chi connectivity index (χ3v) is 4.88. The zero-order valence-corrected chi connectivity index (χ0v) is 18.0. The molecule has 0 atom stereocenters. The van der Waals surface area contributed by atoms with Crippen molar-refractivity contribution in [2.75, 3.05) is 16.0 Å². The summed E-state index contributed by atoms with van der Waals surface area (Å²) < 4.78 is 4.43. The molecule has 0 saturated heterocycles. The van der Waals surface area contributed by atoms with Crippen LogP contribution >= 0.6 is 47.8 Å². The molecule has 23 heavy (non-hydrogen) atoms. The molecule has 0 spiro atoms. The number of hydrogen-bond acceptors (Lipinski definition) is 3. The fourth-order valence-corrected chi connectivity index (χ4v) is 3.69. The molecule has 0 bridgehead atoms. The molecular formula is C14H21Br3N4O2. The highest BCUT2D eigenvalue weighted by atomic mass is 79.9. The van der Waals surface area contributed by atoms with Gasteiger partial charge in [0.15, 0.2) is 0 Å². The highest BCUT2D eigenvalue weighted by molar-refractivity contribution is 9.09. The van der Waals surface area contributed by atoms with Gasteiger partial charge in [-0.15, -0.1) is 0 Å². The highest BCUT2D eigenvalue weighted by Crippen LogP contribution is 2.06. The Labute approximate surface area is 160 Å². The second-order valence-corrected chi connectivity index (χ2v) is 7.14. The lowest BCUT2D eigenvalue weighted by Gasteiger charge is -2.10. The Morgan fingerprint density at radius 1 is 1.04 bits per heavy atom. The van der Waals surface area contributed by atoms with Gasteiger partial charge in [-0.25, -0.2) is 4.79 Å². The second-order valence-electron chi connectivity index (χ2n) is 4.76. The maximum atomic E-state index is 12.3. The predicted octanol–water partition coefficient (Wildman–Crippen LogP) is 2.87. The van der Waals surface area contributed by atoms with Gasteiger partial charge < -0.3 is 0 Å². The molecule has 0 amide bonds. The Bertz CT molecular complexity index is 734. The van der Waals surface area contributed by atoms with Crippen molar-refractivity contribution in [3.05, 3.63) is 27.0 Å². The number of nitrogens with zero attached hydrogens (tertiary/aromatic N) is 4. The Morgan fingerprint density at radius 3 is 2.13 bits per heavy atom. The molecule has 0 unspecified atom stereocenters. The van der Waals surface area contributed by atoms with Crippen molar-refractivity contribution < 1.29 is 0 Å². The summed E-state index contributed by atoms with van der Waals surface area (Å²) in [6.07, 6.45) is 3.48. The second kappa shape index (κ2) is 10.5. The number of halogens is 3. The van der Waals surface area contributed by atoms with E-state index in [-0.39, 0.29) is 11.2 Å². The van der Waals surface area contributed by atoms with Crippen molar-refractivity contribution >= 4 is 58.8 Å². The highest BCUT2D eigenvalue weighted by Gasteiger charge is 2.14. The molecular weight excluding hydrogens is 496 g/mol. The van der Waals surface area contributed by atoms with Gasteiger partial charge >= 0.3 is 5.69 Å². The monoisotopic (exact) mass is 514 g/mol. The van der Waals surface area contributed by atoms with Crippen molar-refractivity contribution in [1.82, 2.24) is 18.9 Å². The van der Waals surface area contributed by atoms with Gasteiger partial charge in [0, 0.05) is 36.1 Å². The summed E-state index contributed by atoms with van der Waals surface area (Å²) in [5.41, 5.74) is 0.0656. The van der Waals surface area contributed by atoms with E-state index < -0.39 is 0 Å². The van der Waals surface area contributed by atoms with E-state index in [9.17, 15) is 9.59 Å². The Balaban J connectivity index is 0.000000463. The zero-order valence-electron chi connectivity index (χ0n) is 13.3. The Morgan fingerprint density at radius 2 is 1.65 bits per heavy atom. The van der Waals surface area contributed by atoms with Crippen molar-refractivity contribution in [3.63, 3.8) is 0 Å². The summed E-state index contributed by atoms with van der Waals surface area (Å²) in [5, 5.41) is 7.53. The van der Waals surface area contributed by atoms with E-state index in [0.717, 1.165) is 22.4 Å². The van der Waals surface area contributed by atoms with E-state index in [2.05, 4.69) is 52.9 Å². The van der Waals surface area contributed by atoms with Crippen LogP contribution in [0.15, 0.2) is 15.8 Å². The van der Waals surface area contributed by atoms with Crippen molar-refractivity contribution in [2.45, 2.75) is 32.9 Å². The molecule has 0 saturated carbocycles. The van der Waals surface area contributed by atoms with E-state index in [1.807, 2.05) is 6.92 Å². The van der Waals surface area contributed by atoms with E-state index in [1.165, 1.54) is 17.2 Å². The number of fused-ring (bicyclic) bond motifs is 1. The average Bonchev–Trinajstić information content (AvgIpc) is 2.91. The first-order valence-corrected chi connectivity index (χ1v) is 10.7. The summed E-state index contributed by atoms with van der Waals surface area (Å²) in [6, 6.07) is 0. The standard InChI is InChI=1S/C11H15BrN4O2.C3H6Br2/c1-3-15-9-8(7-13-14(9)2)10(17)16(11(15)18)6-4-5-12;4-2-1-3-5/h7H,3-6H2,1-2H3;1-3H2. The van der Waals surface area contributed by atoms with Crippen LogP contribution < -0.4 is 11.2 Å². The number of alkyl halides is 3. The van der Waals surface area contributed by atoms with Gasteiger partial charge in [-0.3, -0.25) is 18.6 Å². The molecule has 0 aliphatic heterocycles. The maximum Gasteiger partial charge on any atom is 0.332 e. The van der Waals surface area contributed by atoms with Gasteiger partial charge in [0.05, 0.1) is 6.20 Å². The van der Waals surface area contributed by atoms with Gasteiger partial charge in [-0.05, 0) is 19.8 Å². The zero-order chi connectivity index (χ0) is 17.4. The molecule has 2 heterocycles. The van der Waals surface area contributed by atoms with Gasteiger partial charge in [0.1, 0.15) is 11.0 Å². The summed E-state index contributed by atoms with van der Waals surface area (Å²) in [4.78, 5) is 24.5.